The third-order valence-corrected chi connectivity index (χ3v) is 2.67. The summed E-state index contributed by atoms with van der Waals surface area (Å²) in [6.45, 7) is 4.40. The largest absolute Gasteiger partial charge is 0.298 e. The summed E-state index contributed by atoms with van der Waals surface area (Å²) in [7, 11) is 0. The Labute approximate surface area is 86.9 Å². The van der Waals surface area contributed by atoms with Crippen LogP contribution in [0.2, 0.25) is 0 Å². The average molecular weight is 205 g/mol. The van der Waals surface area contributed by atoms with Crippen LogP contribution in [0.3, 0.4) is 0 Å². The third kappa shape index (κ3) is 7.06. The summed E-state index contributed by atoms with van der Waals surface area (Å²) >= 11 is 5.44. The fourth-order valence-electron chi connectivity index (χ4n) is 1.68. The molecular formula is C11H21ClO. The Bertz CT molecular complexity index is 128. The van der Waals surface area contributed by atoms with Gasteiger partial charge in [-0.15, -0.1) is 11.6 Å². The van der Waals surface area contributed by atoms with Gasteiger partial charge < -0.3 is 0 Å². The highest BCUT2D eigenvalue weighted by atomic mass is 35.5. The van der Waals surface area contributed by atoms with Crippen LogP contribution < -0.4 is 0 Å². The molecular weight excluding hydrogens is 184 g/mol. The molecule has 2 heteroatoms. The van der Waals surface area contributed by atoms with E-state index in [1.807, 2.05) is 0 Å². The molecule has 0 radical (unpaired) electrons. The lowest BCUT2D eigenvalue weighted by Crippen LogP contribution is -2.05. The fraction of sp³-hybridized carbons (Fsp3) is 0.909. The van der Waals surface area contributed by atoms with Crippen molar-refractivity contribution in [1.82, 2.24) is 0 Å². The first kappa shape index (κ1) is 13.0. The number of carbonyl (C=O) groups excluding carboxylic acids is 1. The molecule has 0 unspecified atom stereocenters. The fourth-order valence-corrected chi connectivity index (χ4v) is 1.82. The van der Waals surface area contributed by atoms with E-state index in [1.165, 1.54) is 25.7 Å². The van der Waals surface area contributed by atoms with Gasteiger partial charge in [0.15, 0.2) is 0 Å². The maximum absolute atomic E-state index is 11.0. The molecule has 0 aliphatic carbocycles. The molecule has 0 atom stereocenters. The number of hydrogen-bond donors (Lipinski definition) is 0. The van der Waals surface area contributed by atoms with Crippen molar-refractivity contribution in [1.29, 1.82) is 0 Å². The second kappa shape index (κ2) is 8.55. The van der Waals surface area contributed by atoms with E-state index in [2.05, 4.69) is 13.8 Å². The SMILES string of the molecule is CCCC(CCC)CCC(=O)CCl. The molecule has 0 bridgehead atoms. The van der Waals surface area contributed by atoms with Crippen molar-refractivity contribution < 1.29 is 4.79 Å². The van der Waals surface area contributed by atoms with Crippen LogP contribution in [0, 0.1) is 5.92 Å². The standard InChI is InChI=1S/C11H21ClO/c1-3-5-10(6-4-2)7-8-11(13)9-12/h10H,3-9H2,1-2H3. The maximum atomic E-state index is 11.0. The van der Waals surface area contributed by atoms with Crippen molar-refractivity contribution in [2.45, 2.75) is 52.4 Å². The van der Waals surface area contributed by atoms with Gasteiger partial charge in [-0.05, 0) is 12.3 Å². The zero-order valence-corrected chi connectivity index (χ0v) is 9.57. The van der Waals surface area contributed by atoms with Gasteiger partial charge >= 0.3 is 0 Å². The van der Waals surface area contributed by atoms with Crippen molar-refractivity contribution in [3.63, 3.8) is 0 Å². The van der Waals surface area contributed by atoms with Gasteiger partial charge in [0.1, 0.15) is 5.78 Å². The van der Waals surface area contributed by atoms with Gasteiger partial charge in [-0.1, -0.05) is 39.5 Å². The minimum absolute atomic E-state index is 0.185. The minimum Gasteiger partial charge on any atom is -0.298 e. The van der Waals surface area contributed by atoms with Gasteiger partial charge in [-0.25, -0.2) is 0 Å². The molecule has 1 nitrogen and oxygen atoms in total. The molecule has 0 aromatic heterocycles. The first-order valence-corrected chi connectivity index (χ1v) is 5.85. The van der Waals surface area contributed by atoms with Gasteiger partial charge in [0.2, 0.25) is 0 Å². The van der Waals surface area contributed by atoms with E-state index in [0.29, 0.717) is 6.42 Å². The zero-order valence-electron chi connectivity index (χ0n) is 8.81. The van der Waals surface area contributed by atoms with E-state index in [0.717, 1.165) is 12.3 Å². The number of alkyl halides is 1. The summed E-state index contributed by atoms with van der Waals surface area (Å²) in [6.07, 6.45) is 6.66. The Morgan fingerprint density at radius 3 is 2.08 bits per heavy atom. The maximum Gasteiger partial charge on any atom is 0.147 e. The van der Waals surface area contributed by atoms with Crippen LogP contribution >= 0.6 is 11.6 Å². The molecule has 13 heavy (non-hydrogen) atoms. The monoisotopic (exact) mass is 204 g/mol. The van der Waals surface area contributed by atoms with E-state index in [9.17, 15) is 4.79 Å². The summed E-state index contributed by atoms with van der Waals surface area (Å²) < 4.78 is 0. The molecule has 0 amide bonds. The van der Waals surface area contributed by atoms with Crippen molar-refractivity contribution in [2.24, 2.45) is 5.92 Å². The molecule has 0 saturated heterocycles. The molecule has 0 aliphatic rings. The Hall–Kier alpha value is -0.0400. The van der Waals surface area contributed by atoms with Crippen molar-refractivity contribution in [3.05, 3.63) is 0 Å². The van der Waals surface area contributed by atoms with E-state index in [4.69, 9.17) is 11.6 Å². The number of Topliss-reactive ketones (excluding diaryl/α,β-unsaturated/α-hetero) is 1. The highest BCUT2D eigenvalue weighted by Gasteiger charge is 2.08. The van der Waals surface area contributed by atoms with Crippen LogP contribution in [0.4, 0.5) is 0 Å². The Kier molecular flexibility index (Phi) is 8.53. The normalized spacial score (nSPS) is 10.8. The lowest BCUT2D eigenvalue weighted by atomic mass is 9.93. The highest BCUT2D eigenvalue weighted by molar-refractivity contribution is 6.27. The Balaban J connectivity index is 3.61. The third-order valence-electron chi connectivity index (χ3n) is 2.37. The molecule has 0 aliphatic heterocycles. The quantitative estimate of drug-likeness (QED) is 0.550. The van der Waals surface area contributed by atoms with Gasteiger partial charge in [-0.2, -0.15) is 0 Å². The molecule has 0 N–H and O–H groups in total. The second-order valence-electron chi connectivity index (χ2n) is 3.65. The van der Waals surface area contributed by atoms with Crippen LogP contribution in [-0.4, -0.2) is 11.7 Å². The topological polar surface area (TPSA) is 17.1 Å². The van der Waals surface area contributed by atoms with E-state index < -0.39 is 0 Å². The molecule has 0 spiro atoms. The lowest BCUT2D eigenvalue weighted by Gasteiger charge is -2.13. The molecule has 78 valence electrons. The number of hydrogen-bond acceptors (Lipinski definition) is 1. The van der Waals surface area contributed by atoms with Crippen LogP contribution in [0.1, 0.15) is 52.4 Å². The Morgan fingerprint density at radius 1 is 1.15 bits per heavy atom. The van der Waals surface area contributed by atoms with Crippen molar-refractivity contribution in [3.8, 4) is 0 Å². The van der Waals surface area contributed by atoms with Crippen LogP contribution in [0.5, 0.6) is 0 Å². The van der Waals surface area contributed by atoms with Gasteiger partial charge in [0, 0.05) is 6.42 Å². The highest BCUT2D eigenvalue weighted by Crippen LogP contribution is 2.19. The average Bonchev–Trinajstić information content (AvgIpc) is 2.14. The van der Waals surface area contributed by atoms with Crippen molar-refractivity contribution >= 4 is 17.4 Å². The first-order valence-electron chi connectivity index (χ1n) is 5.32. The van der Waals surface area contributed by atoms with Gasteiger partial charge in [0.25, 0.3) is 0 Å². The molecule has 0 aromatic carbocycles. The summed E-state index contributed by atoms with van der Waals surface area (Å²) in [5, 5.41) is 0. The van der Waals surface area contributed by atoms with Crippen LogP contribution in [0.25, 0.3) is 0 Å². The summed E-state index contributed by atoms with van der Waals surface area (Å²) in [5.74, 6) is 1.12. The van der Waals surface area contributed by atoms with Crippen LogP contribution in [-0.2, 0) is 4.79 Å². The van der Waals surface area contributed by atoms with E-state index in [1.54, 1.807) is 0 Å². The first-order chi connectivity index (χ1) is 6.24. The van der Waals surface area contributed by atoms with Gasteiger partial charge in [0.05, 0.1) is 5.88 Å². The predicted octanol–water partition coefficient (Wildman–Crippen LogP) is 3.79. The van der Waals surface area contributed by atoms with Gasteiger partial charge in [-0.3, -0.25) is 4.79 Å². The number of carbonyl (C=O) groups is 1. The smallest absolute Gasteiger partial charge is 0.147 e. The van der Waals surface area contributed by atoms with E-state index in [-0.39, 0.29) is 11.7 Å². The number of halogens is 1. The summed E-state index contributed by atoms with van der Waals surface area (Å²) in [6, 6.07) is 0. The molecule has 0 saturated carbocycles. The van der Waals surface area contributed by atoms with Crippen molar-refractivity contribution in [2.75, 3.05) is 5.88 Å². The van der Waals surface area contributed by atoms with E-state index >= 15 is 0 Å². The molecule has 0 fully saturated rings. The summed E-state index contributed by atoms with van der Waals surface area (Å²) in [4.78, 5) is 11.0. The number of ketones is 1. The molecule has 0 aromatic rings. The predicted molar refractivity (Wildman–Crippen MR) is 58.3 cm³/mol. The van der Waals surface area contributed by atoms with Crippen LogP contribution in [0.15, 0.2) is 0 Å². The second-order valence-corrected chi connectivity index (χ2v) is 3.92. The zero-order chi connectivity index (χ0) is 10.1. The summed E-state index contributed by atoms with van der Waals surface area (Å²) in [5.41, 5.74) is 0. The Morgan fingerprint density at radius 2 is 1.69 bits per heavy atom. The molecule has 0 heterocycles. The minimum atomic E-state index is 0.185. The molecule has 0 rings (SSSR count). The lowest BCUT2D eigenvalue weighted by molar-refractivity contribution is -0.117. The number of rotatable bonds is 8.